The fourth-order valence-electron chi connectivity index (χ4n) is 3.25. The number of nitriles is 1. The lowest BCUT2D eigenvalue weighted by atomic mass is 9.90. The summed E-state index contributed by atoms with van der Waals surface area (Å²) in [7, 11) is 0. The van der Waals surface area contributed by atoms with Crippen LogP contribution in [0.5, 0.6) is 0 Å². The van der Waals surface area contributed by atoms with E-state index in [4.69, 9.17) is 4.98 Å². The molecule has 2 atom stereocenters. The maximum atomic E-state index is 13.5. The van der Waals surface area contributed by atoms with Crippen molar-refractivity contribution >= 4 is 28.6 Å². The third-order valence-corrected chi connectivity index (χ3v) is 7.04. The van der Waals surface area contributed by atoms with Crippen LogP contribution < -0.4 is 10.9 Å². The minimum absolute atomic E-state index is 0.0550. The normalized spacial score (nSPS) is 14.1. The van der Waals surface area contributed by atoms with Crippen molar-refractivity contribution in [3.63, 3.8) is 0 Å². The predicted molar refractivity (Wildman–Crippen MR) is 129 cm³/mol. The van der Waals surface area contributed by atoms with E-state index in [1.54, 1.807) is 30.5 Å². The van der Waals surface area contributed by atoms with Gasteiger partial charge in [-0.15, -0.1) is 0 Å². The average molecular weight is 449 g/mol. The minimum Gasteiger partial charge on any atom is -0.337 e. The van der Waals surface area contributed by atoms with Gasteiger partial charge < -0.3 is 5.32 Å². The Hall–Kier alpha value is -3.11. The van der Waals surface area contributed by atoms with E-state index in [0.717, 1.165) is 16.8 Å². The Balaban J connectivity index is 2.10. The summed E-state index contributed by atoms with van der Waals surface area (Å²) in [6.07, 6.45) is 0. The van der Waals surface area contributed by atoms with Crippen molar-refractivity contribution in [2.75, 3.05) is 0 Å². The molecule has 0 saturated heterocycles. The number of benzene rings is 2. The highest BCUT2D eigenvalue weighted by Crippen LogP contribution is 2.28. The number of carbonyl (C=O) groups is 1. The van der Waals surface area contributed by atoms with Crippen LogP contribution in [0, 0.1) is 31.1 Å². The predicted octanol–water partition coefficient (Wildman–Crippen LogP) is 4.54. The Kier molecular flexibility index (Phi) is 6.75. The number of hydrogen-bond acceptors (Lipinski definition) is 5. The molecule has 3 aromatic rings. The first-order valence-corrected chi connectivity index (χ1v) is 11.5. The number of fused-ring (bicyclic) bond motifs is 1. The van der Waals surface area contributed by atoms with Crippen LogP contribution in [-0.2, 0) is 4.79 Å². The first-order valence-electron chi connectivity index (χ1n) is 10.6. The zero-order chi connectivity index (χ0) is 23.6. The average Bonchev–Trinajstić information content (AvgIpc) is 2.76. The Labute approximate surface area is 192 Å². The molecule has 7 heteroatoms. The van der Waals surface area contributed by atoms with Crippen LogP contribution in [0.4, 0.5) is 0 Å². The lowest BCUT2D eigenvalue weighted by Crippen LogP contribution is -2.51. The summed E-state index contributed by atoms with van der Waals surface area (Å²) in [5.74, 6) is -0.330. The SMILES string of the molecule is Cc1cccc(-n2c(S[C@@H](C)C(=O)N[C@@](C)(C#N)C(C)C)nc3ccccc3c2=O)c1C. The topological polar surface area (TPSA) is 87.8 Å². The number of para-hydroxylation sites is 1. The van der Waals surface area contributed by atoms with Crippen molar-refractivity contribution in [3.05, 3.63) is 63.9 Å². The molecule has 0 bridgehead atoms. The van der Waals surface area contributed by atoms with Gasteiger partial charge in [0.05, 0.1) is 27.9 Å². The molecule has 0 spiro atoms. The second-order valence-electron chi connectivity index (χ2n) is 8.49. The molecule has 0 aliphatic carbocycles. The van der Waals surface area contributed by atoms with Gasteiger partial charge in [0.25, 0.3) is 5.56 Å². The van der Waals surface area contributed by atoms with Crippen LogP contribution in [0.2, 0.25) is 0 Å². The smallest absolute Gasteiger partial charge is 0.266 e. The fourth-order valence-corrected chi connectivity index (χ4v) is 4.17. The number of rotatable bonds is 6. The molecule has 1 heterocycles. The Morgan fingerprint density at radius 2 is 1.84 bits per heavy atom. The van der Waals surface area contributed by atoms with E-state index in [2.05, 4.69) is 11.4 Å². The lowest BCUT2D eigenvalue weighted by Gasteiger charge is -2.28. The Morgan fingerprint density at radius 1 is 1.16 bits per heavy atom. The molecule has 0 fully saturated rings. The van der Waals surface area contributed by atoms with E-state index in [1.807, 2.05) is 58.0 Å². The maximum absolute atomic E-state index is 13.5. The quantitative estimate of drug-likeness (QED) is 0.442. The summed E-state index contributed by atoms with van der Waals surface area (Å²) >= 11 is 1.21. The van der Waals surface area contributed by atoms with Crippen LogP contribution in [0.1, 0.15) is 38.8 Å². The zero-order valence-corrected chi connectivity index (χ0v) is 20.1. The number of amides is 1. The van der Waals surface area contributed by atoms with Gasteiger partial charge in [0.15, 0.2) is 5.16 Å². The molecule has 32 heavy (non-hydrogen) atoms. The highest BCUT2D eigenvalue weighted by molar-refractivity contribution is 8.00. The second-order valence-corrected chi connectivity index (χ2v) is 9.80. The van der Waals surface area contributed by atoms with E-state index < -0.39 is 10.8 Å². The van der Waals surface area contributed by atoms with Gasteiger partial charge >= 0.3 is 0 Å². The molecular weight excluding hydrogens is 420 g/mol. The molecule has 2 aromatic carbocycles. The van der Waals surface area contributed by atoms with E-state index >= 15 is 0 Å². The molecule has 166 valence electrons. The maximum Gasteiger partial charge on any atom is 0.266 e. The number of nitrogens with zero attached hydrogens (tertiary/aromatic N) is 3. The van der Waals surface area contributed by atoms with Crippen molar-refractivity contribution in [2.24, 2.45) is 5.92 Å². The third kappa shape index (κ3) is 4.42. The number of nitrogens with one attached hydrogen (secondary N) is 1. The van der Waals surface area contributed by atoms with Crippen molar-refractivity contribution in [1.29, 1.82) is 5.26 Å². The Bertz CT molecular complexity index is 1280. The van der Waals surface area contributed by atoms with Gasteiger partial charge in [-0.2, -0.15) is 5.26 Å². The standard InChI is InChI=1S/C25H28N4O2S/c1-15(2)25(6,14-26)28-22(30)18(5)32-24-27-20-12-8-7-11-19(20)23(31)29(24)21-13-9-10-16(3)17(21)4/h7-13,15,18H,1-6H3,(H,28,30)/t18-,25-/m0/s1. The summed E-state index contributed by atoms with van der Waals surface area (Å²) < 4.78 is 1.59. The number of carbonyl (C=O) groups excluding carboxylic acids is 1. The molecule has 1 N–H and O–H groups in total. The number of hydrogen-bond donors (Lipinski definition) is 1. The second kappa shape index (κ2) is 9.17. The molecule has 0 aliphatic heterocycles. The van der Waals surface area contributed by atoms with E-state index in [0.29, 0.717) is 16.1 Å². The van der Waals surface area contributed by atoms with Gasteiger partial charge in [0.2, 0.25) is 5.91 Å². The third-order valence-electron chi connectivity index (χ3n) is 5.98. The summed E-state index contributed by atoms with van der Waals surface area (Å²) in [5, 5.41) is 12.8. The molecule has 3 rings (SSSR count). The van der Waals surface area contributed by atoms with Crippen molar-refractivity contribution in [1.82, 2.24) is 14.9 Å². The van der Waals surface area contributed by atoms with E-state index in [1.165, 1.54) is 11.8 Å². The molecule has 0 unspecified atom stereocenters. The van der Waals surface area contributed by atoms with E-state index in [-0.39, 0.29) is 17.4 Å². The van der Waals surface area contributed by atoms with Gasteiger partial charge in [0, 0.05) is 0 Å². The van der Waals surface area contributed by atoms with Crippen molar-refractivity contribution in [3.8, 4) is 11.8 Å². The zero-order valence-electron chi connectivity index (χ0n) is 19.3. The molecular formula is C25H28N4O2S. The van der Waals surface area contributed by atoms with E-state index in [9.17, 15) is 14.9 Å². The molecule has 0 aliphatic rings. The molecule has 6 nitrogen and oxygen atoms in total. The molecule has 0 radical (unpaired) electrons. The van der Waals surface area contributed by atoms with Crippen LogP contribution in [0.3, 0.4) is 0 Å². The largest absolute Gasteiger partial charge is 0.337 e. The molecule has 1 amide bonds. The van der Waals surface area contributed by atoms with Gasteiger partial charge in [-0.25, -0.2) is 4.98 Å². The Morgan fingerprint density at radius 3 is 2.50 bits per heavy atom. The lowest BCUT2D eigenvalue weighted by molar-refractivity contribution is -0.121. The van der Waals surface area contributed by atoms with Gasteiger partial charge in [0.1, 0.15) is 5.54 Å². The molecule has 1 aromatic heterocycles. The highest BCUT2D eigenvalue weighted by Gasteiger charge is 2.32. The number of thioether (sulfide) groups is 1. The van der Waals surface area contributed by atoms with Crippen LogP contribution >= 0.6 is 11.8 Å². The fraction of sp³-hybridized carbons (Fsp3) is 0.360. The van der Waals surface area contributed by atoms with Crippen LogP contribution in [0.15, 0.2) is 52.4 Å². The highest BCUT2D eigenvalue weighted by atomic mass is 32.2. The summed E-state index contributed by atoms with van der Waals surface area (Å²) in [5.41, 5.74) is 2.21. The van der Waals surface area contributed by atoms with Crippen molar-refractivity contribution < 1.29 is 4.79 Å². The van der Waals surface area contributed by atoms with Crippen molar-refractivity contribution in [2.45, 2.75) is 57.5 Å². The van der Waals surface area contributed by atoms with Gasteiger partial charge in [-0.1, -0.05) is 49.9 Å². The first-order chi connectivity index (χ1) is 15.1. The minimum atomic E-state index is -0.977. The summed E-state index contributed by atoms with van der Waals surface area (Å²) in [6, 6.07) is 15.2. The number of aryl methyl sites for hydroxylation is 1. The monoisotopic (exact) mass is 448 g/mol. The summed E-state index contributed by atoms with van der Waals surface area (Å²) in [6.45, 7) is 11.2. The van der Waals surface area contributed by atoms with Crippen LogP contribution in [0.25, 0.3) is 16.6 Å². The van der Waals surface area contributed by atoms with Gasteiger partial charge in [-0.3, -0.25) is 14.2 Å². The summed E-state index contributed by atoms with van der Waals surface area (Å²) in [4.78, 5) is 31.2. The number of aromatic nitrogens is 2. The first kappa shape index (κ1) is 23.6. The molecule has 0 saturated carbocycles. The van der Waals surface area contributed by atoms with Crippen LogP contribution in [-0.4, -0.2) is 26.2 Å². The van der Waals surface area contributed by atoms with Gasteiger partial charge in [-0.05, 0) is 62.9 Å².